The SMILES string of the molecule is C=CCCOCCNC(C)c1ccc(OC(F)F)cc1. The molecule has 0 amide bonds. The lowest BCUT2D eigenvalue weighted by Crippen LogP contribution is -2.23. The van der Waals surface area contributed by atoms with Gasteiger partial charge in [-0.3, -0.25) is 0 Å². The minimum Gasteiger partial charge on any atom is -0.435 e. The number of hydrogen-bond donors (Lipinski definition) is 1. The molecular formula is C15H21F2NO2. The van der Waals surface area contributed by atoms with Crippen LogP contribution < -0.4 is 10.1 Å². The van der Waals surface area contributed by atoms with E-state index in [1.54, 1.807) is 24.3 Å². The van der Waals surface area contributed by atoms with Gasteiger partial charge in [0.15, 0.2) is 0 Å². The van der Waals surface area contributed by atoms with Crippen molar-refractivity contribution in [1.82, 2.24) is 5.32 Å². The van der Waals surface area contributed by atoms with Crippen LogP contribution >= 0.6 is 0 Å². The molecule has 5 heteroatoms. The van der Waals surface area contributed by atoms with Gasteiger partial charge in [-0.25, -0.2) is 0 Å². The summed E-state index contributed by atoms with van der Waals surface area (Å²) in [5, 5.41) is 3.30. The average molecular weight is 285 g/mol. The van der Waals surface area contributed by atoms with Gasteiger partial charge in [0.05, 0.1) is 13.2 Å². The molecule has 0 fully saturated rings. The molecule has 3 nitrogen and oxygen atoms in total. The van der Waals surface area contributed by atoms with Crippen molar-refractivity contribution >= 4 is 0 Å². The average Bonchev–Trinajstić information content (AvgIpc) is 2.42. The standard InChI is InChI=1S/C15H21F2NO2/c1-3-4-10-19-11-9-18-12(2)13-5-7-14(8-6-13)20-15(16)17/h3,5-8,12,15,18H,1,4,9-11H2,2H3. The highest BCUT2D eigenvalue weighted by atomic mass is 19.3. The highest BCUT2D eigenvalue weighted by Crippen LogP contribution is 2.18. The molecule has 0 aromatic heterocycles. The molecule has 0 aliphatic rings. The number of halogens is 2. The van der Waals surface area contributed by atoms with Crippen LogP contribution in [0.1, 0.15) is 24.9 Å². The number of alkyl halides is 2. The molecule has 0 heterocycles. The Kier molecular flexibility index (Phi) is 7.84. The van der Waals surface area contributed by atoms with Crippen molar-refractivity contribution < 1.29 is 18.3 Å². The maximum Gasteiger partial charge on any atom is 0.387 e. The molecule has 1 N–H and O–H groups in total. The van der Waals surface area contributed by atoms with Gasteiger partial charge in [-0.1, -0.05) is 18.2 Å². The first-order valence-electron chi connectivity index (χ1n) is 6.60. The van der Waals surface area contributed by atoms with Crippen molar-refractivity contribution in [3.63, 3.8) is 0 Å². The summed E-state index contributed by atoms with van der Waals surface area (Å²) in [6.07, 6.45) is 2.67. The summed E-state index contributed by atoms with van der Waals surface area (Å²) < 4.78 is 33.7. The lowest BCUT2D eigenvalue weighted by Gasteiger charge is -2.15. The Morgan fingerprint density at radius 3 is 2.55 bits per heavy atom. The number of benzene rings is 1. The molecule has 1 atom stereocenters. The van der Waals surface area contributed by atoms with Crippen molar-refractivity contribution in [2.45, 2.75) is 26.0 Å². The van der Waals surface area contributed by atoms with Gasteiger partial charge in [0, 0.05) is 12.6 Å². The van der Waals surface area contributed by atoms with E-state index in [2.05, 4.69) is 16.6 Å². The van der Waals surface area contributed by atoms with E-state index in [-0.39, 0.29) is 11.8 Å². The molecule has 0 aliphatic heterocycles. The van der Waals surface area contributed by atoms with Crippen LogP contribution in [0.4, 0.5) is 8.78 Å². The summed E-state index contributed by atoms with van der Waals surface area (Å²) in [7, 11) is 0. The predicted molar refractivity (Wildman–Crippen MR) is 75.1 cm³/mol. The van der Waals surface area contributed by atoms with E-state index in [0.29, 0.717) is 13.2 Å². The first-order valence-corrected chi connectivity index (χ1v) is 6.60. The molecule has 20 heavy (non-hydrogen) atoms. The Bertz CT molecular complexity index is 382. The number of rotatable bonds is 10. The van der Waals surface area contributed by atoms with Crippen molar-refractivity contribution in [2.24, 2.45) is 0 Å². The lowest BCUT2D eigenvalue weighted by molar-refractivity contribution is -0.0498. The zero-order valence-corrected chi connectivity index (χ0v) is 11.6. The van der Waals surface area contributed by atoms with E-state index in [0.717, 1.165) is 18.5 Å². The summed E-state index contributed by atoms with van der Waals surface area (Å²) in [5.74, 6) is 0.170. The van der Waals surface area contributed by atoms with Crippen molar-refractivity contribution in [1.29, 1.82) is 0 Å². The topological polar surface area (TPSA) is 30.5 Å². The summed E-state index contributed by atoms with van der Waals surface area (Å²) in [5.41, 5.74) is 1.01. The van der Waals surface area contributed by atoms with E-state index < -0.39 is 6.61 Å². The van der Waals surface area contributed by atoms with E-state index in [1.807, 2.05) is 13.0 Å². The molecule has 1 aromatic rings. The fraction of sp³-hybridized carbons (Fsp3) is 0.467. The molecule has 0 aliphatic carbocycles. The second-order valence-corrected chi connectivity index (χ2v) is 4.31. The van der Waals surface area contributed by atoms with E-state index in [4.69, 9.17) is 4.74 Å². The second-order valence-electron chi connectivity index (χ2n) is 4.31. The van der Waals surface area contributed by atoms with Gasteiger partial charge < -0.3 is 14.8 Å². The Balaban J connectivity index is 2.28. The van der Waals surface area contributed by atoms with Crippen LogP contribution in [0, 0.1) is 0 Å². The Labute approximate surface area is 118 Å². The largest absolute Gasteiger partial charge is 0.435 e. The zero-order chi connectivity index (χ0) is 14.8. The second kappa shape index (κ2) is 9.44. The van der Waals surface area contributed by atoms with Crippen LogP contribution in [0.3, 0.4) is 0 Å². The zero-order valence-electron chi connectivity index (χ0n) is 11.6. The molecule has 0 radical (unpaired) electrons. The molecule has 0 bridgehead atoms. The van der Waals surface area contributed by atoms with Crippen LogP contribution in [-0.4, -0.2) is 26.4 Å². The molecule has 112 valence electrons. The third kappa shape index (κ3) is 6.63. The predicted octanol–water partition coefficient (Wildman–Crippen LogP) is 3.53. The highest BCUT2D eigenvalue weighted by molar-refractivity contribution is 5.28. The minimum absolute atomic E-state index is 0.124. The van der Waals surface area contributed by atoms with Crippen LogP contribution in [-0.2, 0) is 4.74 Å². The maximum atomic E-state index is 12.0. The molecule has 0 saturated heterocycles. The van der Waals surface area contributed by atoms with Gasteiger partial charge in [0.25, 0.3) is 0 Å². The van der Waals surface area contributed by atoms with Crippen LogP contribution in [0.25, 0.3) is 0 Å². The van der Waals surface area contributed by atoms with Crippen LogP contribution in [0.15, 0.2) is 36.9 Å². The van der Waals surface area contributed by atoms with Crippen LogP contribution in [0.2, 0.25) is 0 Å². The van der Waals surface area contributed by atoms with Crippen molar-refractivity contribution in [2.75, 3.05) is 19.8 Å². The van der Waals surface area contributed by atoms with Gasteiger partial charge in [-0.2, -0.15) is 8.78 Å². The Hall–Kier alpha value is -1.46. The molecule has 0 spiro atoms. The molecule has 1 unspecified atom stereocenters. The molecule has 1 rings (SSSR count). The van der Waals surface area contributed by atoms with Gasteiger partial charge >= 0.3 is 6.61 Å². The van der Waals surface area contributed by atoms with Gasteiger partial charge in [-0.15, -0.1) is 6.58 Å². The van der Waals surface area contributed by atoms with Gasteiger partial charge in [0.2, 0.25) is 0 Å². The van der Waals surface area contributed by atoms with Gasteiger partial charge in [-0.05, 0) is 31.0 Å². The van der Waals surface area contributed by atoms with Crippen molar-refractivity contribution in [3.8, 4) is 5.75 Å². The highest BCUT2D eigenvalue weighted by Gasteiger charge is 2.07. The van der Waals surface area contributed by atoms with Crippen LogP contribution in [0.5, 0.6) is 5.75 Å². The Morgan fingerprint density at radius 1 is 1.25 bits per heavy atom. The first-order chi connectivity index (χ1) is 9.63. The summed E-state index contributed by atoms with van der Waals surface area (Å²) in [6.45, 7) is 4.88. The lowest BCUT2D eigenvalue weighted by atomic mass is 10.1. The van der Waals surface area contributed by atoms with E-state index in [9.17, 15) is 8.78 Å². The first kappa shape index (κ1) is 16.6. The van der Waals surface area contributed by atoms with E-state index in [1.165, 1.54) is 0 Å². The smallest absolute Gasteiger partial charge is 0.387 e. The molecule has 1 aromatic carbocycles. The summed E-state index contributed by atoms with van der Waals surface area (Å²) in [6, 6.07) is 6.75. The normalized spacial score (nSPS) is 12.4. The maximum absolute atomic E-state index is 12.0. The summed E-state index contributed by atoms with van der Waals surface area (Å²) in [4.78, 5) is 0. The number of hydrogen-bond acceptors (Lipinski definition) is 3. The fourth-order valence-electron chi connectivity index (χ4n) is 1.67. The molecular weight excluding hydrogens is 264 g/mol. The monoisotopic (exact) mass is 285 g/mol. The molecule has 0 saturated carbocycles. The number of ether oxygens (including phenoxy) is 2. The minimum atomic E-state index is -2.79. The summed E-state index contributed by atoms with van der Waals surface area (Å²) >= 11 is 0. The van der Waals surface area contributed by atoms with Gasteiger partial charge in [0.1, 0.15) is 5.75 Å². The third-order valence-corrected chi connectivity index (χ3v) is 2.77. The Morgan fingerprint density at radius 2 is 1.95 bits per heavy atom. The van der Waals surface area contributed by atoms with Crippen molar-refractivity contribution in [3.05, 3.63) is 42.5 Å². The third-order valence-electron chi connectivity index (χ3n) is 2.77. The van der Waals surface area contributed by atoms with E-state index >= 15 is 0 Å². The fourth-order valence-corrected chi connectivity index (χ4v) is 1.67. The number of nitrogens with one attached hydrogen (secondary N) is 1. The quantitative estimate of drug-likeness (QED) is 0.527.